The number of rotatable bonds is 6. The van der Waals surface area contributed by atoms with E-state index in [9.17, 15) is 0 Å². The van der Waals surface area contributed by atoms with Gasteiger partial charge >= 0.3 is 0 Å². The van der Waals surface area contributed by atoms with Crippen LogP contribution in [0.2, 0.25) is 0 Å². The Morgan fingerprint density at radius 2 is 2.33 bits per heavy atom. The molecule has 9 heavy (non-hydrogen) atoms. The Hall–Kier alpha value is 0.620. The molecule has 0 amide bonds. The Morgan fingerprint density at radius 1 is 1.56 bits per heavy atom. The van der Waals surface area contributed by atoms with E-state index in [0.29, 0.717) is 0 Å². The van der Waals surface area contributed by atoms with E-state index in [2.05, 4.69) is 17.9 Å². The maximum atomic E-state index is 4.78. The van der Waals surface area contributed by atoms with Crippen molar-refractivity contribution in [3.05, 3.63) is 0 Å². The highest BCUT2D eigenvalue weighted by Crippen LogP contribution is 1.95. The van der Waals surface area contributed by atoms with Crippen molar-refractivity contribution in [3.63, 3.8) is 0 Å². The second-order valence-corrected chi connectivity index (χ2v) is 2.89. The topological polar surface area (TPSA) is 21.3 Å². The normalized spacial score (nSPS) is 10.0. The largest absolute Gasteiger partial charge is 0.319 e. The molecule has 0 radical (unpaired) electrons. The molecule has 0 aliphatic carbocycles. The third-order valence-electron chi connectivity index (χ3n) is 0.769. The molecule has 2 nitrogen and oxygen atoms in total. The second-order valence-electron chi connectivity index (χ2n) is 1.46. The van der Waals surface area contributed by atoms with Crippen LogP contribution in [0.15, 0.2) is 0 Å². The summed E-state index contributed by atoms with van der Waals surface area (Å²) in [5.41, 5.74) is 0. The van der Waals surface area contributed by atoms with Crippen LogP contribution in [0.25, 0.3) is 0 Å². The summed E-state index contributed by atoms with van der Waals surface area (Å²) in [5.74, 6) is 1.90. The Balaban J connectivity index is 2.60. The number of thiol groups is 1. The van der Waals surface area contributed by atoms with Crippen LogP contribution in [0, 0.1) is 0 Å². The molecule has 0 heterocycles. The first-order valence-electron chi connectivity index (χ1n) is 2.89. The molecule has 0 saturated carbocycles. The first kappa shape index (κ1) is 9.62. The first-order chi connectivity index (χ1) is 4.41. The molecule has 4 heteroatoms. The molecule has 0 rings (SSSR count). The summed E-state index contributed by atoms with van der Waals surface area (Å²) in [4.78, 5) is 0. The van der Waals surface area contributed by atoms with Gasteiger partial charge in [-0.3, -0.25) is 0 Å². The molecule has 1 N–H and O–H groups in total. The summed E-state index contributed by atoms with van der Waals surface area (Å²) in [6.45, 7) is 1.98. The molecule has 0 bridgehead atoms. The van der Waals surface area contributed by atoms with E-state index >= 15 is 0 Å². The maximum absolute atomic E-state index is 4.78. The van der Waals surface area contributed by atoms with Gasteiger partial charge in [-0.15, -0.1) is 0 Å². The van der Waals surface area contributed by atoms with E-state index in [-0.39, 0.29) is 0 Å². The Morgan fingerprint density at radius 3 is 2.89 bits per heavy atom. The molecule has 0 spiro atoms. The smallest absolute Gasteiger partial charge is 0.0503 e. The van der Waals surface area contributed by atoms with Crippen molar-refractivity contribution in [1.82, 2.24) is 5.32 Å². The van der Waals surface area contributed by atoms with E-state index in [1.807, 2.05) is 0 Å². The van der Waals surface area contributed by atoms with Gasteiger partial charge < -0.3 is 9.50 Å². The van der Waals surface area contributed by atoms with Gasteiger partial charge in [-0.2, -0.15) is 12.6 Å². The van der Waals surface area contributed by atoms with Crippen molar-refractivity contribution in [1.29, 1.82) is 0 Å². The van der Waals surface area contributed by atoms with Crippen LogP contribution in [-0.2, 0) is 4.18 Å². The standard InChI is InChI=1S/C5H13NOS2/c1-7-9-5-3-6-2-4-8/h6,8H,2-5H2,1H3. The van der Waals surface area contributed by atoms with E-state index in [1.165, 1.54) is 12.0 Å². The SMILES string of the molecule is COSCCNCCS. The predicted molar refractivity (Wildman–Crippen MR) is 46.2 cm³/mol. The summed E-state index contributed by atoms with van der Waals surface area (Å²) >= 11 is 5.52. The summed E-state index contributed by atoms with van der Waals surface area (Å²) in [5, 5.41) is 3.19. The highest BCUT2D eigenvalue weighted by Gasteiger charge is 1.84. The minimum Gasteiger partial charge on any atom is -0.319 e. The summed E-state index contributed by atoms with van der Waals surface area (Å²) in [6, 6.07) is 0. The lowest BCUT2D eigenvalue weighted by Crippen LogP contribution is -2.19. The molecule has 0 unspecified atom stereocenters. The lowest BCUT2D eigenvalue weighted by Gasteiger charge is -1.99. The predicted octanol–water partition coefficient (Wildman–Crippen LogP) is 0.800. The van der Waals surface area contributed by atoms with Gasteiger partial charge in [0.1, 0.15) is 0 Å². The minimum atomic E-state index is 0.900. The molecule has 0 aromatic rings. The first-order valence-corrected chi connectivity index (χ1v) is 4.43. The molecular weight excluding hydrogens is 154 g/mol. The lowest BCUT2D eigenvalue weighted by molar-refractivity contribution is 0.489. The van der Waals surface area contributed by atoms with Crippen LogP contribution >= 0.6 is 24.7 Å². The quantitative estimate of drug-likeness (QED) is 0.347. The van der Waals surface area contributed by atoms with Crippen molar-refractivity contribution in [2.75, 3.05) is 31.7 Å². The minimum absolute atomic E-state index is 0.900. The molecule has 0 aliphatic heterocycles. The second kappa shape index (κ2) is 8.62. The van der Waals surface area contributed by atoms with Crippen LogP contribution in [0.4, 0.5) is 0 Å². The van der Waals surface area contributed by atoms with Gasteiger partial charge in [-0.1, -0.05) is 0 Å². The molecule has 0 saturated heterocycles. The van der Waals surface area contributed by atoms with E-state index in [0.717, 1.165) is 24.6 Å². The van der Waals surface area contributed by atoms with Crippen molar-refractivity contribution in [3.8, 4) is 0 Å². The van der Waals surface area contributed by atoms with Gasteiger partial charge in [0.25, 0.3) is 0 Å². The van der Waals surface area contributed by atoms with Gasteiger partial charge in [0.05, 0.1) is 7.11 Å². The zero-order valence-corrected chi connectivity index (χ0v) is 7.30. The Labute approximate surface area is 66.3 Å². The van der Waals surface area contributed by atoms with E-state index < -0.39 is 0 Å². The number of hydrogen-bond donors (Lipinski definition) is 2. The fourth-order valence-corrected chi connectivity index (χ4v) is 0.954. The molecular formula is C5H13NOS2. The van der Waals surface area contributed by atoms with Crippen molar-refractivity contribution >= 4 is 24.7 Å². The fraction of sp³-hybridized carbons (Fsp3) is 1.00. The van der Waals surface area contributed by atoms with Crippen LogP contribution < -0.4 is 5.32 Å². The van der Waals surface area contributed by atoms with E-state index in [4.69, 9.17) is 4.18 Å². The molecule has 0 fully saturated rings. The lowest BCUT2D eigenvalue weighted by atomic mass is 10.7. The van der Waals surface area contributed by atoms with Crippen LogP contribution in [-0.4, -0.2) is 31.7 Å². The molecule has 56 valence electrons. The number of hydrogen-bond acceptors (Lipinski definition) is 4. The van der Waals surface area contributed by atoms with Crippen LogP contribution in [0.3, 0.4) is 0 Å². The van der Waals surface area contributed by atoms with Gasteiger partial charge in [0.15, 0.2) is 0 Å². The molecule has 0 aromatic heterocycles. The fourth-order valence-electron chi connectivity index (χ4n) is 0.401. The highest BCUT2D eigenvalue weighted by atomic mass is 32.2. The van der Waals surface area contributed by atoms with Gasteiger partial charge in [0.2, 0.25) is 0 Å². The molecule has 0 aliphatic rings. The molecule has 0 aromatic carbocycles. The summed E-state index contributed by atoms with van der Waals surface area (Å²) in [7, 11) is 1.68. The van der Waals surface area contributed by atoms with Crippen molar-refractivity contribution in [2.45, 2.75) is 0 Å². The van der Waals surface area contributed by atoms with Crippen LogP contribution in [0.5, 0.6) is 0 Å². The third kappa shape index (κ3) is 8.62. The third-order valence-corrected chi connectivity index (χ3v) is 1.60. The van der Waals surface area contributed by atoms with Gasteiger partial charge in [0, 0.05) is 24.6 Å². The van der Waals surface area contributed by atoms with E-state index in [1.54, 1.807) is 7.11 Å². The number of nitrogens with one attached hydrogen (secondary N) is 1. The average Bonchev–Trinajstić information content (AvgIpc) is 1.89. The molecule has 0 atom stereocenters. The zero-order chi connectivity index (χ0) is 6.95. The Kier molecular flexibility index (Phi) is 9.21. The van der Waals surface area contributed by atoms with Crippen molar-refractivity contribution < 1.29 is 4.18 Å². The summed E-state index contributed by atoms with van der Waals surface area (Å²) < 4.78 is 4.78. The van der Waals surface area contributed by atoms with Gasteiger partial charge in [-0.05, 0) is 12.0 Å². The average molecular weight is 167 g/mol. The Bertz CT molecular complexity index is 48.2. The summed E-state index contributed by atoms with van der Waals surface area (Å²) in [6.07, 6.45) is 0. The monoisotopic (exact) mass is 167 g/mol. The van der Waals surface area contributed by atoms with Gasteiger partial charge in [-0.25, -0.2) is 0 Å². The zero-order valence-electron chi connectivity index (χ0n) is 5.59. The van der Waals surface area contributed by atoms with Crippen LogP contribution in [0.1, 0.15) is 0 Å². The maximum Gasteiger partial charge on any atom is 0.0503 e. The highest BCUT2D eigenvalue weighted by molar-refractivity contribution is 7.94. The van der Waals surface area contributed by atoms with Crippen molar-refractivity contribution in [2.24, 2.45) is 0 Å².